The van der Waals surface area contributed by atoms with Gasteiger partial charge in [0.25, 0.3) is 0 Å². The molecule has 0 N–H and O–H groups in total. The van der Waals surface area contributed by atoms with E-state index in [1.807, 2.05) is 18.2 Å². The Balaban J connectivity index is 2.96. The molecule has 0 amide bonds. The molecule has 0 heterocycles. The maximum absolute atomic E-state index is 5.73. The molecule has 1 rings (SSSR count). The SMILES string of the molecule is CC(C)c1[c]c(Cl)ccc1. The predicted molar refractivity (Wildman–Crippen MR) is 44.4 cm³/mol. The Kier molecular flexibility index (Phi) is 2.34. The summed E-state index contributed by atoms with van der Waals surface area (Å²) >= 11 is 5.73. The maximum atomic E-state index is 5.73. The standard InChI is InChI=1S/C9H10Cl/c1-7(2)8-4-3-5-9(10)6-8/h3-5,7H,1-2H3. The van der Waals surface area contributed by atoms with Gasteiger partial charge in [0, 0.05) is 11.1 Å². The minimum absolute atomic E-state index is 0.513. The van der Waals surface area contributed by atoms with Gasteiger partial charge in [-0.05, 0) is 17.5 Å². The Morgan fingerprint density at radius 3 is 2.50 bits per heavy atom. The van der Waals surface area contributed by atoms with Crippen LogP contribution in [0.4, 0.5) is 0 Å². The van der Waals surface area contributed by atoms with E-state index < -0.39 is 0 Å². The Morgan fingerprint density at radius 1 is 1.40 bits per heavy atom. The van der Waals surface area contributed by atoms with E-state index in [4.69, 9.17) is 11.6 Å². The molecule has 1 aromatic carbocycles. The molecule has 0 spiro atoms. The fourth-order valence-electron chi connectivity index (χ4n) is 0.794. The Morgan fingerprint density at radius 2 is 2.10 bits per heavy atom. The zero-order chi connectivity index (χ0) is 7.56. The normalized spacial score (nSPS) is 10.4. The third-order valence-corrected chi connectivity index (χ3v) is 1.62. The molecule has 0 bridgehead atoms. The number of hydrogen-bond donors (Lipinski definition) is 0. The minimum atomic E-state index is 0.513. The lowest BCUT2D eigenvalue weighted by Crippen LogP contribution is -1.85. The lowest BCUT2D eigenvalue weighted by molar-refractivity contribution is 0.865. The van der Waals surface area contributed by atoms with E-state index in [2.05, 4.69) is 19.9 Å². The zero-order valence-corrected chi connectivity index (χ0v) is 6.94. The monoisotopic (exact) mass is 153 g/mol. The largest absolute Gasteiger partial charge is 0.0837 e. The van der Waals surface area contributed by atoms with Gasteiger partial charge in [0.15, 0.2) is 0 Å². The number of hydrogen-bond acceptors (Lipinski definition) is 0. The molecule has 0 aliphatic heterocycles. The van der Waals surface area contributed by atoms with E-state index in [9.17, 15) is 0 Å². The van der Waals surface area contributed by atoms with E-state index in [0.717, 1.165) is 0 Å². The van der Waals surface area contributed by atoms with Crippen molar-refractivity contribution in [3.8, 4) is 0 Å². The van der Waals surface area contributed by atoms with Crippen molar-refractivity contribution in [3.05, 3.63) is 34.9 Å². The van der Waals surface area contributed by atoms with Crippen LogP contribution >= 0.6 is 11.6 Å². The molecule has 1 radical (unpaired) electrons. The quantitative estimate of drug-likeness (QED) is 0.581. The summed E-state index contributed by atoms with van der Waals surface area (Å²) < 4.78 is 0. The van der Waals surface area contributed by atoms with Crippen molar-refractivity contribution >= 4 is 11.6 Å². The molecule has 1 heteroatoms. The molecular weight excluding hydrogens is 144 g/mol. The fourth-order valence-corrected chi connectivity index (χ4v) is 0.976. The van der Waals surface area contributed by atoms with Crippen molar-refractivity contribution in [2.75, 3.05) is 0 Å². The Labute approximate surface area is 66.8 Å². The first-order valence-corrected chi connectivity index (χ1v) is 3.75. The molecule has 0 aliphatic rings. The van der Waals surface area contributed by atoms with Crippen LogP contribution in [0.2, 0.25) is 5.02 Å². The van der Waals surface area contributed by atoms with Crippen LogP contribution in [0, 0.1) is 6.07 Å². The first-order chi connectivity index (χ1) is 4.70. The zero-order valence-electron chi connectivity index (χ0n) is 6.19. The molecule has 0 fully saturated rings. The highest BCUT2D eigenvalue weighted by Gasteiger charge is 1.97. The van der Waals surface area contributed by atoms with E-state index in [0.29, 0.717) is 10.9 Å². The maximum Gasteiger partial charge on any atom is 0.0487 e. The molecule has 0 nitrogen and oxygen atoms in total. The van der Waals surface area contributed by atoms with Crippen LogP contribution in [0.1, 0.15) is 25.3 Å². The summed E-state index contributed by atoms with van der Waals surface area (Å²) in [6, 6.07) is 8.90. The Bertz CT molecular complexity index is 216. The van der Waals surface area contributed by atoms with Crippen LogP contribution in [-0.4, -0.2) is 0 Å². The highest BCUT2D eigenvalue weighted by Crippen LogP contribution is 2.16. The summed E-state index contributed by atoms with van der Waals surface area (Å²) in [5, 5.41) is 0.700. The summed E-state index contributed by atoms with van der Waals surface area (Å²) in [6.07, 6.45) is 0. The molecule has 0 aliphatic carbocycles. The van der Waals surface area contributed by atoms with Crippen LogP contribution in [0.5, 0.6) is 0 Å². The van der Waals surface area contributed by atoms with Gasteiger partial charge < -0.3 is 0 Å². The lowest BCUT2D eigenvalue weighted by atomic mass is 10.0. The molecule has 0 unspecified atom stereocenters. The smallest absolute Gasteiger partial charge is 0.0487 e. The fraction of sp³-hybridized carbons (Fsp3) is 0.333. The molecule has 53 valence electrons. The Hall–Kier alpha value is -0.490. The average molecular weight is 154 g/mol. The van der Waals surface area contributed by atoms with Crippen molar-refractivity contribution in [2.24, 2.45) is 0 Å². The van der Waals surface area contributed by atoms with Gasteiger partial charge >= 0.3 is 0 Å². The van der Waals surface area contributed by atoms with Crippen LogP contribution in [0.3, 0.4) is 0 Å². The number of halogens is 1. The molecular formula is C9H10Cl. The second kappa shape index (κ2) is 3.07. The minimum Gasteiger partial charge on any atom is -0.0837 e. The van der Waals surface area contributed by atoms with Crippen LogP contribution in [0.25, 0.3) is 0 Å². The van der Waals surface area contributed by atoms with Crippen molar-refractivity contribution in [1.82, 2.24) is 0 Å². The molecule has 0 atom stereocenters. The van der Waals surface area contributed by atoms with Gasteiger partial charge in [-0.1, -0.05) is 37.6 Å². The molecule has 0 saturated heterocycles. The highest BCUT2D eigenvalue weighted by atomic mass is 35.5. The molecule has 1 aromatic rings. The third-order valence-electron chi connectivity index (χ3n) is 1.40. The van der Waals surface area contributed by atoms with Gasteiger partial charge in [-0.15, -0.1) is 0 Å². The van der Waals surface area contributed by atoms with Crippen molar-refractivity contribution < 1.29 is 0 Å². The molecule has 0 saturated carbocycles. The van der Waals surface area contributed by atoms with Crippen molar-refractivity contribution in [2.45, 2.75) is 19.8 Å². The van der Waals surface area contributed by atoms with Gasteiger partial charge in [0.05, 0.1) is 0 Å². The third kappa shape index (κ3) is 1.74. The second-order valence-corrected chi connectivity index (χ2v) is 3.02. The lowest BCUT2D eigenvalue weighted by Gasteiger charge is -2.02. The summed E-state index contributed by atoms with van der Waals surface area (Å²) in [7, 11) is 0. The predicted octanol–water partition coefficient (Wildman–Crippen LogP) is 3.26. The van der Waals surface area contributed by atoms with Gasteiger partial charge in [0.2, 0.25) is 0 Å². The summed E-state index contributed by atoms with van der Waals surface area (Å²) in [4.78, 5) is 0. The van der Waals surface area contributed by atoms with Crippen LogP contribution < -0.4 is 0 Å². The van der Waals surface area contributed by atoms with E-state index >= 15 is 0 Å². The summed E-state index contributed by atoms with van der Waals surface area (Å²) in [5.74, 6) is 0.513. The topological polar surface area (TPSA) is 0 Å². The molecule has 0 aromatic heterocycles. The van der Waals surface area contributed by atoms with Gasteiger partial charge in [-0.3, -0.25) is 0 Å². The summed E-state index contributed by atoms with van der Waals surface area (Å²) in [6.45, 7) is 4.25. The van der Waals surface area contributed by atoms with Crippen molar-refractivity contribution in [3.63, 3.8) is 0 Å². The number of benzene rings is 1. The first-order valence-electron chi connectivity index (χ1n) is 3.38. The number of rotatable bonds is 1. The van der Waals surface area contributed by atoms with Gasteiger partial charge in [-0.25, -0.2) is 0 Å². The second-order valence-electron chi connectivity index (χ2n) is 2.61. The van der Waals surface area contributed by atoms with Crippen molar-refractivity contribution in [1.29, 1.82) is 0 Å². The van der Waals surface area contributed by atoms with Crippen LogP contribution in [0.15, 0.2) is 18.2 Å². The molecule has 10 heavy (non-hydrogen) atoms. The van der Waals surface area contributed by atoms with E-state index in [1.54, 1.807) is 0 Å². The first kappa shape index (κ1) is 7.62. The average Bonchev–Trinajstić information content (AvgIpc) is 1.88. The van der Waals surface area contributed by atoms with Crippen LogP contribution in [-0.2, 0) is 0 Å². The summed E-state index contributed by atoms with van der Waals surface area (Å²) in [5.41, 5.74) is 1.17. The van der Waals surface area contributed by atoms with E-state index in [1.165, 1.54) is 5.56 Å². The van der Waals surface area contributed by atoms with Gasteiger partial charge in [-0.2, -0.15) is 0 Å². The van der Waals surface area contributed by atoms with Gasteiger partial charge in [0.1, 0.15) is 0 Å². The highest BCUT2D eigenvalue weighted by molar-refractivity contribution is 6.30. The van der Waals surface area contributed by atoms with E-state index in [-0.39, 0.29) is 0 Å².